The molecule has 6 heteroatoms. The molecule has 106 valence electrons. The molecule has 2 aromatic carbocycles. The normalized spacial score (nSPS) is 13.6. The van der Waals surface area contributed by atoms with Crippen molar-refractivity contribution in [3.8, 4) is 5.75 Å². The Hall–Kier alpha value is -1.40. The van der Waals surface area contributed by atoms with Crippen LogP contribution in [0.2, 0.25) is 0 Å². The predicted octanol–water partition coefficient (Wildman–Crippen LogP) is 4.37. The number of ether oxygens (including phenoxy) is 1. The number of methoxy groups -OCH3 is 1. The van der Waals surface area contributed by atoms with Gasteiger partial charge in [0.05, 0.1) is 18.6 Å². The van der Waals surface area contributed by atoms with Crippen molar-refractivity contribution >= 4 is 26.0 Å². The van der Waals surface area contributed by atoms with Gasteiger partial charge in [0.15, 0.2) is 0 Å². The Balaban J connectivity index is 2.20. The molecule has 0 saturated heterocycles. The standard InChI is InChI=1S/C14H13BrFNO2S/c1-19-13-6-2-11(3-7-13)10-17-20(16,18)14-8-4-12(15)5-9-14/h2-9H,10H2,1H3. The first-order valence-corrected chi connectivity index (χ1v) is 8.03. The monoisotopic (exact) mass is 357 g/mol. The summed E-state index contributed by atoms with van der Waals surface area (Å²) in [5.74, 6) is 0.711. The van der Waals surface area contributed by atoms with E-state index in [4.69, 9.17) is 4.74 Å². The molecule has 20 heavy (non-hydrogen) atoms. The minimum absolute atomic E-state index is 0.0510. The Morgan fingerprint density at radius 3 is 2.30 bits per heavy atom. The maximum absolute atomic E-state index is 14.1. The zero-order valence-electron chi connectivity index (χ0n) is 10.8. The van der Waals surface area contributed by atoms with Gasteiger partial charge in [0, 0.05) is 4.47 Å². The van der Waals surface area contributed by atoms with Gasteiger partial charge < -0.3 is 4.74 Å². The number of hydrogen-bond donors (Lipinski definition) is 0. The summed E-state index contributed by atoms with van der Waals surface area (Å²) in [6, 6.07) is 13.2. The van der Waals surface area contributed by atoms with Crippen molar-refractivity contribution in [2.45, 2.75) is 11.4 Å². The molecule has 0 aliphatic rings. The van der Waals surface area contributed by atoms with Crippen LogP contribution in [0, 0.1) is 0 Å². The van der Waals surface area contributed by atoms with E-state index in [0.29, 0.717) is 5.75 Å². The lowest BCUT2D eigenvalue weighted by molar-refractivity contribution is 0.414. The highest BCUT2D eigenvalue weighted by Crippen LogP contribution is 2.20. The Bertz CT molecular complexity index is 692. The second-order valence-electron chi connectivity index (χ2n) is 4.05. The van der Waals surface area contributed by atoms with Gasteiger partial charge in [0.1, 0.15) is 5.75 Å². The summed E-state index contributed by atoms with van der Waals surface area (Å²) in [6.07, 6.45) is 0. The zero-order chi connectivity index (χ0) is 14.6. The van der Waals surface area contributed by atoms with Gasteiger partial charge in [0.2, 0.25) is 10.1 Å². The third kappa shape index (κ3) is 3.80. The van der Waals surface area contributed by atoms with E-state index in [1.807, 2.05) is 0 Å². The van der Waals surface area contributed by atoms with Crippen LogP contribution in [0.25, 0.3) is 0 Å². The van der Waals surface area contributed by atoms with Crippen molar-refractivity contribution in [3.63, 3.8) is 0 Å². The number of hydrogen-bond acceptors (Lipinski definition) is 3. The van der Waals surface area contributed by atoms with Gasteiger partial charge in [0.25, 0.3) is 0 Å². The molecule has 1 unspecified atom stereocenters. The number of nitrogens with zero attached hydrogens (tertiary/aromatic N) is 1. The fourth-order valence-electron chi connectivity index (χ4n) is 1.57. The van der Waals surface area contributed by atoms with Crippen LogP contribution in [-0.4, -0.2) is 11.3 Å². The molecule has 0 aliphatic carbocycles. The Morgan fingerprint density at radius 1 is 1.15 bits per heavy atom. The van der Waals surface area contributed by atoms with Crippen LogP contribution in [0.1, 0.15) is 5.56 Å². The quantitative estimate of drug-likeness (QED) is 0.762. The minimum Gasteiger partial charge on any atom is -0.497 e. The highest BCUT2D eigenvalue weighted by atomic mass is 79.9. The van der Waals surface area contributed by atoms with Crippen LogP contribution in [-0.2, 0) is 16.7 Å². The summed E-state index contributed by atoms with van der Waals surface area (Å²) in [5.41, 5.74) is 0.772. The highest BCUT2D eigenvalue weighted by molar-refractivity contribution is 9.10. The van der Waals surface area contributed by atoms with Gasteiger partial charge in [-0.05, 0) is 42.0 Å². The molecule has 3 nitrogen and oxygen atoms in total. The van der Waals surface area contributed by atoms with Crippen LogP contribution in [0.15, 0.2) is 62.3 Å². The molecule has 0 amide bonds. The SMILES string of the molecule is COc1ccc(CN=S(=O)(F)c2ccc(Br)cc2)cc1. The second kappa shape index (κ2) is 6.37. The van der Waals surface area contributed by atoms with E-state index in [9.17, 15) is 8.09 Å². The molecule has 0 heterocycles. The molecule has 2 aromatic rings. The van der Waals surface area contributed by atoms with Crippen LogP contribution < -0.4 is 4.74 Å². The summed E-state index contributed by atoms with van der Waals surface area (Å²) in [5, 5.41) is 0. The van der Waals surface area contributed by atoms with Crippen molar-refractivity contribution in [3.05, 3.63) is 58.6 Å². The highest BCUT2D eigenvalue weighted by Gasteiger charge is 2.10. The van der Waals surface area contributed by atoms with E-state index >= 15 is 0 Å². The van der Waals surface area contributed by atoms with Gasteiger partial charge in [-0.1, -0.05) is 28.1 Å². The maximum Gasteiger partial charge on any atom is 0.231 e. The van der Waals surface area contributed by atoms with Gasteiger partial charge in [-0.15, -0.1) is 3.89 Å². The maximum atomic E-state index is 14.1. The van der Waals surface area contributed by atoms with Crippen LogP contribution >= 0.6 is 15.9 Å². The third-order valence-electron chi connectivity index (χ3n) is 2.68. The molecule has 0 N–H and O–H groups in total. The first kappa shape index (κ1) is 15.0. The van der Waals surface area contributed by atoms with Crippen molar-refractivity contribution in [2.24, 2.45) is 4.36 Å². The van der Waals surface area contributed by atoms with E-state index in [1.54, 1.807) is 43.5 Å². The van der Waals surface area contributed by atoms with E-state index in [0.717, 1.165) is 10.0 Å². The second-order valence-corrected chi connectivity index (χ2v) is 6.61. The largest absolute Gasteiger partial charge is 0.497 e. The molecule has 0 aromatic heterocycles. The minimum atomic E-state index is -3.87. The van der Waals surface area contributed by atoms with Crippen molar-refractivity contribution in [2.75, 3.05) is 7.11 Å². The van der Waals surface area contributed by atoms with Gasteiger partial charge in [-0.3, -0.25) is 0 Å². The van der Waals surface area contributed by atoms with Crippen LogP contribution in [0.3, 0.4) is 0 Å². The molecule has 0 bridgehead atoms. The summed E-state index contributed by atoms with van der Waals surface area (Å²) in [7, 11) is -2.30. The van der Waals surface area contributed by atoms with Gasteiger partial charge in [-0.25, -0.2) is 8.57 Å². The fraction of sp³-hybridized carbons (Fsp3) is 0.143. The summed E-state index contributed by atoms with van der Waals surface area (Å²) >= 11 is 3.24. The van der Waals surface area contributed by atoms with Crippen molar-refractivity contribution < 1.29 is 12.8 Å². The average molecular weight is 358 g/mol. The Morgan fingerprint density at radius 2 is 1.75 bits per heavy atom. The lowest BCUT2D eigenvalue weighted by Gasteiger charge is -2.03. The zero-order valence-corrected chi connectivity index (χ0v) is 13.2. The van der Waals surface area contributed by atoms with E-state index in [1.165, 1.54) is 12.1 Å². The van der Waals surface area contributed by atoms with Crippen molar-refractivity contribution in [1.29, 1.82) is 0 Å². The number of halogens is 2. The van der Waals surface area contributed by atoms with Gasteiger partial charge >= 0.3 is 0 Å². The van der Waals surface area contributed by atoms with Crippen molar-refractivity contribution in [1.82, 2.24) is 0 Å². The molecule has 0 fully saturated rings. The molecule has 0 aliphatic heterocycles. The number of rotatable bonds is 4. The van der Waals surface area contributed by atoms with E-state index in [-0.39, 0.29) is 11.4 Å². The molecule has 0 saturated carbocycles. The van der Waals surface area contributed by atoms with E-state index < -0.39 is 10.1 Å². The molecule has 0 radical (unpaired) electrons. The van der Waals surface area contributed by atoms with E-state index in [2.05, 4.69) is 20.3 Å². The number of benzene rings is 2. The molecular formula is C14H13BrFNO2S. The molecule has 0 spiro atoms. The molecule has 1 atom stereocenters. The molecular weight excluding hydrogens is 345 g/mol. The Labute approximate surface area is 126 Å². The molecule has 2 rings (SSSR count). The third-order valence-corrected chi connectivity index (χ3v) is 4.52. The summed E-state index contributed by atoms with van der Waals surface area (Å²) in [4.78, 5) is 0.0780. The van der Waals surface area contributed by atoms with Gasteiger partial charge in [-0.2, -0.15) is 0 Å². The summed E-state index contributed by atoms with van der Waals surface area (Å²) < 4.78 is 35.5. The summed E-state index contributed by atoms with van der Waals surface area (Å²) in [6.45, 7) is 0.0510. The topological polar surface area (TPSA) is 38.7 Å². The smallest absolute Gasteiger partial charge is 0.231 e. The fourth-order valence-corrected chi connectivity index (χ4v) is 2.77. The lowest BCUT2D eigenvalue weighted by Crippen LogP contribution is -1.94. The van der Waals surface area contributed by atoms with Crippen LogP contribution in [0.4, 0.5) is 3.89 Å². The Kier molecular flexibility index (Phi) is 4.77. The average Bonchev–Trinajstić information content (AvgIpc) is 2.46. The first-order chi connectivity index (χ1) is 9.51. The van der Waals surface area contributed by atoms with Crippen LogP contribution in [0.5, 0.6) is 5.75 Å². The predicted molar refractivity (Wildman–Crippen MR) is 80.8 cm³/mol. The first-order valence-electron chi connectivity index (χ1n) is 5.82. The lowest BCUT2D eigenvalue weighted by atomic mass is 10.2.